The van der Waals surface area contributed by atoms with Gasteiger partial charge in [0.2, 0.25) is 0 Å². The summed E-state index contributed by atoms with van der Waals surface area (Å²) < 4.78 is 0. The quantitative estimate of drug-likeness (QED) is 0.414. The Morgan fingerprint density at radius 3 is 1.83 bits per heavy atom. The molecule has 0 aliphatic heterocycles. The summed E-state index contributed by atoms with van der Waals surface area (Å²) in [5.41, 5.74) is 0. The van der Waals surface area contributed by atoms with Crippen molar-refractivity contribution < 1.29 is 45.2 Å². The minimum Gasteiger partial charge on any atom is -0.503 e. The Hall–Kier alpha value is 0.366. The second-order valence-electron chi connectivity index (χ2n) is 0.394. The second kappa shape index (κ2) is 9.03. The van der Waals surface area contributed by atoms with E-state index in [1.54, 1.807) is 0 Å². The molecule has 2 radical (unpaired) electrons. The summed E-state index contributed by atoms with van der Waals surface area (Å²) in [4.78, 5) is 8.89. The minimum absolute atomic E-state index is 0. The summed E-state index contributed by atoms with van der Waals surface area (Å²) in [5, 5.41) is 7.31. The van der Waals surface area contributed by atoms with E-state index in [0.717, 1.165) is 0 Å². The monoisotopic (exact) mass is 174 g/mol. The molecule has 0 heterocycles. The van der Waals surface area contributed by atoms with Gasteiger partial charge in [0.25, 0.3) is 0 Å². The smallest absolute Gasteiger partial charge is 0.503 e. The molecule has 0 bridgehead atoms. The Balaban J connectivity index is -0.0000000150. The molecule has 0 fully saturated rings. The topological polar surface area (TPSA) is 37.3 Å². The molecular formula is C2H4CoMnO2. The molecule has 40 valence electrons. The Morgan fingerprint density at radius 1 is 1.83 bits per heavy atom. The number of carboxylic acids is 1. The number of aliphatic carboxylic acids is 1. The van der Waals surface area contributed by atoms with Gasteiger partial charge in [-0.2, -0.15) is 0 Å². The van der Waals surface area contributed by atoms with E-state index in [-0.39, 0.29) is 35.3 Å². The van der Waals surface area contributed by atoms with Gasteiger partial charge in [0.15, 0.2) is 5.97 Å². The van der Waals surface area contributed by atoms with Crippen LogP contribution in [-0.4, -0.2) is 11.1 Å². The van der Waals surface area contributed by atoms with Crippen LogP contribution in [0, 0.1) is 6.92 Å². The number of hydrogen-bond acceptors (Lipinski definition) is 1. The SMILES string of the molecule is [CH2-]C(=O)O.[Co].[H+].[Mn]. The zero-order valence-corrected chi connectivity index (χ0v) is 5.00. The van der Waals surface area contributed by atoms with E-state index in [1.807, 2.05) is 0 Å². The summed E-state index contributed by atoms with van der Waals surface area (Å²) in [5.74, 6) is -1.08. The molecule has 0 rings (SSSR count). The van der Waals surface area contributed by atoms with Crippen molar-refractivity contribution in [2.45, 2.75) is 0 Å². The number of carboxylic acid groups (broad SMARTS) is 1. The molecule has 0 unspecified atom stereocenters. The average Bonchev–Trinajstić information content (AvgIpc) is 0.811. The molecule has 0 aromatic rings. The molecule has 6 heavy (non-hydrogen) atoms. The maximum Gasteiger partial charge on any atom is 1.00 e. The molecule has 0 saturated heterocycles. The molecule has 0 aliphatic carbocycles. The van der Waals surface area contributed by atoms with Gasteiger partial charge in [-0.15, -0.1) is 0 Å². The van der Waals surface area contributed by atoms with Gasteiger partial charge in [-0.3, -0.25) is 11.7 Å². The van der Waals surface area contributed by atoms with E-state index in [0.29, 0.717) is 0 Å². The molecule has 0 spiro atoms. The Morgan fingerprint density at radius 2 is 1.83 bits per heavy atom. The van der Waals surface area contributed by atoms with Crippen LogP contribution in [0.15, 0.2) is 0 Å². The molecule has 4 heteroatoms. The van der Waals surface area contributed by atoms with E-state index in [2.05, 4.69) is 6.92 Å². The van der Waals surface area contributed by atoms with Crippen molar-refractivity contribution in [2.75, 3.05) is 0 Å². The van der Waals surface area contributed by atoms with Gasteiger partial charge in [0.1, 0.15) is 0 Å². The largest absolute Gasteiger partial charge is 1.00 e. The predicted octanol–water partition coefficient (Wildman–Crippen LogP) is 0.0126. The normalized spacial score (nSPS) is 4.00. The molecule has 0 amide bonds. The summed E-state index contributed by atoms with van der Waals surface area (Å²) in [6, 6.07) is 0. The van der Waals surface area contributed by atoms with Gasteiger partial charge < -0.3 is 5.11 Å². The van der Waals surface area contributed by atoms with Gasteiger partial charge >= 0.3 is 1.43 Å². The fraction of sp³-hybridized carbons (Fsp3) is 0. The van der Waals surface area contributed by atoms with Crippen molar-refractivity contribution in [2.24, 2.45) is 0 Å². The molecule has 0 aromatic carbocycles. The van der Waals surface area contributed by atoms with Crippen molar-refractivity contribution in [3.05, 3.63) is 6.92 Å². The Labute approximate surface area is 58.5 Å². The van der Waals surface area contributed by atoms with E-state index in [1.165, 1.54) is 0 Å². The zero-order valence-electron chi connectivity index (χ0n) is 3.77. The zero-order chi connectivity index (χ0) is 3.58. The molecular weight excluding hydrogens is 170 g/mol. The summed E-state index contributed by atoms with van der Waals surface area (Å²) in [7, 11) is 0. The van der Waals surface area contributed by atoms with Gasteiger partial charge in [-0.05, 0) is 0 Å². The second-order valence-corrected chi connectivity index (χ2v) is 0.394. The van der Waals surface area contributed by atoms with Gasteiger partial charge in [-0.1, -0.05) is 0 Å². The van der Waals surface area contributed by atoms with E-state index >= 15 is 0 Å². The first-order valence-electron chi connectivity index (χ1n) is 0.781. The van der Waals surface area contributed by atoms with Crippen molar-refractivity contribution in [1.29, 1.82) is 0 Å². The van der Waals surface area contributed by atoms with Crippen LogP contribution in [0.1, 0.15) is 1.43 Å². The van der Waals surface area contributed by atoms with Crippen molar-refractivity contribution in [1.82, 2.24) is 0 Å². The Bertz CT molecular complexity index is 38.7. The van der Waals surface area contributed by atoms with Crippen LogP contribution in [-0.2, 0) is 38.6 Å². The fourth-order valence-corrected chi connectivity index (χ4v) is 0. The first-order chi connectivity index (χ1) is 1.73. The first-order valence-corrected chi connectivity index (χ1v) is 0.781. The van der Waals surface area contributed by atoms with E-state index in [9.17, 15) is 0 Å². The third-order valence-corrected chi connectivity index (χ3v) is 0. The van der Waals surface area contributed by atoms with Crippen LogP contribution in [0.2, 0.25) is 0 Å². The third kappa shape index (κ3) is 369. The Kier molecular flexibility index (Phi) is 24.3. The van der Waals surface area contributed by atoms with E-state index in [4.69, 9.17) is 9.90 Å². The summed E-state index contributed by atoms with van der Waals surface area (Å²) in [6.45, 7) is 2.56. The maximum absolute atomic E-state index is 8.89. The molecule has 0 aromatic heterocycles. The van der Waals surface area contributed by atoms with Crippen LogP contribution >= 0.6 is 0 Å². The van der Waals surface area contributed by atoms with Gasteiger partial charge in [-0.25, -0.2) is 0 Å². The van der Waals surface area contributed by atoms with E-state index < -0.39 is 5.97 Å². The molecule has 1 N–H and O–H groups in total. The standard InChI is InChI=1S/C2H3O2.Co.Mn/c1-2(3)4;;/h1H2,(H,3,4);;/q-1;;/p+1. The van der Waals surface area contributed by atoms with Crippen molar-refractivity contribution in [3.8, 4) is 0 Å². The van der Waals surface area contributed by atoms with Gasteiger partial charge in [0, 0.05) is 33.8 Å². The number of rotatable bonds is 0. The minimum atomic E-state index is -1.08. The number of carbonyl (C=O) groups is 1. The fourth-order valence-electron chi connectivity index (χ4n) is 0. The van der Waals surface area contributed by atoms with Crippen LogP contribution < -0.4 is 0 Å². The van der Waals surface area contributed by atoms with Crippen LogP contribution in [0.5, 0.6) is 0 Å². The first kappa shape index (κ1) is 16.2. The molecule has 0 aliphatic rings. The summed E-state index contributed by atoms with van der Waals surface area (Å²) in [6.07, 6.45) is 0. The third-order valence-electron chi connectivity index (χ3n) is 0. The van der Waals surface area contributed by atoms with Gasteiger partial charge in [0.05, 0.1) is 0 Å². The van der Waals surface area contributed by atoms with Crippen molar-refractivity contribution >= 4 is 5.97 Å². The van der Waals surface area contributed by atoms with Crippen LogP contribution in [0.3, 0.4) is 0 Å². The van der Waals surface area contributed by atoms with Crippen LogP contribution in [0.25, 0.3) is 0 Å². The molecule has 0 atom stereocenters. The van der Waals surface area contributed by atoms with Crippen LogP contribution in [0.4, 0.5) is 0 Å². The average molecular weight is 174 g/mol. The summed E-state index contributed by atoms with van der Waals surface area (Å²) >= 11 is 0. The van der Waals surface area contributed by atoms with Crippen molar-refractivity contribution in [3.63, 3.8) is 0 Å². The maximum atomic E-state index is 8.89. The number of hydrogen-bond donors (Lipinski definition) is 1. The molecule has 0 saturated carbocycles. The molecule has 2 nitrogen and oxygen atoms in total. The predicted molar refractivity (Wildman–Crippen MR) is 14.1 cm³/mol.